The first-order valence-corrected chi connectivity index (χ1v) is 8.57. The molecule has 3 aromatic rings. The van der Waals surface area contributed by atoms with Crippen LogP contribution in [0.25, 0.3) is 11.0 Å². The Morgan fingerprint density at radius 2 is 2.24 bits per heavy atom. The maximum atomic E-state index is 9.71. The number of rotatable bonds is 4. The van der Waals surface area contributed by atoms with Gasteiger partial charge in [-0.25, -0.2) is 9.97 Å². The quantitative estimate of drug-likeness (QED) is 0.744. The first-order valence-electron chi connectivity index (χ1n) is 8.20. The largest absolute Gasteiger partial charge is 0.391 e. The van der Waals surface area contributed by atoms with Crippen LogP contribution in [0.2, 0.25) is 5.02 Å². The van der Waals surface area contributed by atoms with Crippen molar-refractivity contribution in [2.45, 2.75) is 19.1 Å². The highest BCUT2D eigenvalue weighted by atomic mass is 35.5. The molecule has 7 nitrogen and oxygen atoms in total. The second kappa shape index (κ2) is 6.50. The minimum absolute atomic E-state index is 0.279. The second-order valence-corrected chi connectivity index (χ2v) is 6.74. The Kier molecular flexibility index (Phi) is 4.19. The molecule has 0 aliphatic carbocycles. The van der Waals surface area contributed by atoms with Gasteiger partial charge in [0.25, 0.3) is 0 Å². The molecule has 8 heteroatoms. The number of hydrogen-bond donors (Lipinski definition) is 2. The van der Waals surface area contributed by atoms with Crippen LogP contribution < -0.4 is 9.80 Å². The molecule has 4 rings (SSSR count). The molecule has 2 N–H and O–H groups in total. The van der Waals surface area contributed by atoms with Gasteiger partial charge in [-0.1, -0.05) is 11.6 Å². The molecule has 0 saturated carbocycles. The lowest BCUT2D eigenvalue weighted by molar-refractivity contribution is 0.198. The van der Waals surface area contributed by atoms with Gasteiger partial charge in [0.1, 0.15) is 11.6 Å². The molecule has 0 unspecified atom stereocenters. The molecule has 130 valence electrons. The Bertz CT molecular complexity index is 898. The number of imidazole rings is 1. The van der Waals surface area contributed by atoms with E-state index in [-0.39, 0.29) is 6.10 Å². The van der Waals surface area contributed by atoms with Gasteiger partial charge in [0.2, 0.25) is 5.95 Å². The Balaban J connectivity index is 1.52. The maximum absolute atomic E-state index is 9.71. The Morgan fingerprint density at radius 1 is 1.36 bits per heavy atom. The highest BCUT2D eigenvalue weighted by molar-refractivity contribution is 6.31. The van der Waals surface area contributed by atoms with Crippen molar-refractivity contribution in [3.63, 3.8) is 0 Å². The lowest BCUT2D eigenvalue weighted by atomic mass is 10.3. The van der Waals surface area contributed by atoms with Crippen molar-refractivity contribution in [2.75, 3.05) is 29.9 Å². The van der Waals surface area contributed by atoms with E-state index in [2.05, 4.69) is 24.8 Å². The van der Waals surface area contributed by atoms with E-state index in [4.69, 9.17) is 11.6 Å². The van der Waals surface area contributed by atoms with Gasteiger partial charge in [-0.2, -0.15) is 4.98 Å². The van der Waals surface area contributed by atoms with Gasteiger partial charge in [0.05, 0.1) is 23.7 Å². The van der Waals surface area contributed by atoms with Crippen molar-refractivity contribution in [3.8, 4) is 0 Å². The summed E-state index contributed by atoms with van der Waals surface area (Å²) in [6.07, 6.45) is 2.24. The van der Waals surface area contributed by atoms with Crippen LogP contribution in [0, 0.1) is 0 Å². The fourth-order valence-electron chi connectivity index (χ4n) is 3.05. The van der Waals surface area contributed by atoms with E-state index >= 15 is 0 Å². The number of hydrogen-bond acceptors (Lipinski definition) is 6. The molecule has 25 heavy (non-hydrogen) atoms. The molecule has 0 radical (unpaired) electrons. The summed E-state index contributed by atoms with van der Waals surface area (Å²) in [7, 11) is 1.93. The second-order valence-electron chi connectivity index (χ2n) is 6.30. The Hall–Kier alpha value is -2.38. The van der Waals surface area contributed by atoms with E-state index in [9.17, 15) is 5.11 Å². The maximum Gasteiger partial charge on any atom is 0.227 e. The number of aromatic nitrogens is 4. The van der Waals surface area contributed by atoms with Gasteiger partial charge in [-0.3, -0.25) is 0 Å². The molecule has 1 fully saturated rings. The third-order valence-electron chi connectivity index (χ3n) is 4.34. The van der Waals surface area contributed by atoms with E-state index in [0.717, 1.165) is 35.6 Å². The highest BCUT2D eigenvalue weighted by Gasteiger charge is 2.22. The van der Waals surface area contributed by atoms with Gasteiger partial charge in [-0.15, -0.1) is 0 Å². The van der Waals surface area contributed by atoms with Crippen LogP contribution in [0.15, 0.2) is 30.5 Å². The van der Waals surface area contributed by atoms with E-state index in [1.54, 1.807) is 6.20 Å². The van der Waals surface area contributed by atoms with Crippen LogP contribution in [-0.4, -0.2) is 51.3 Å². The average Bonchev–Trinajstić information content (AvgIpc) is 3.20. The number of H-pyrrole nitrogens is 1. The molecule has 0 amide bonds. The van der Waals surface area contributed by atoms with Crippen molar-refractivity contribution in [3.05, 3.63) is 41.3 Å². The van der Waals surface area contributed by atoms with Crippen molar-refractivity contribution >= 4 is 34.4 Å². The molecular weight excluding hydrogens is 340 g/mol. The summed E-state index contributed by atoms with van der Waals surface area (Å²) < 4.78 is 0. The molecule has 3 heterocycles. The van der Waals surface area contributed by atoms with Crippen molar-refractivity contribution in [2.24, 2.45) is 0 Å². The van der Waals surface area contributed by atoms with Gasteiger partial charge in [0, 0.05) is 31.4 Å². The Labute approximate surface area is 150 Å². The summed E-state index contributed by atoms with van der Waals surface area (Å²) in [6.45, 7) is 1.98. The minimum Gasteiger partial charge on any atom is -0.391 e. The van der Waals surface area contributed by atoms with E-state index in [1.165, 1.54) is 0 Å². The number of fused-ring (bicyclic) bond motifs is 1. The van der Waals surface area contributed by atoms with Gasteiger partial charge in [-0.05, 0) is 30.7 Å². The monoisotopic (exact) mass is 358 g/mol. The number of β-amino-alcohol motifs (C(OH)–C–C–N with tert-alkyl or cyclic N) is 1. The molecule has 1 aliphatic heterocycles. The SMILES string of the molecule is CN(Cc1nc2ccc(Cl)cc2[nH]1)c1nccc(N2CC[C@H](O)C2)n1. The van der Waals surface area contributed by atoms with Crippen molar-refractivity contribution < 1.29 is 5.11 Å². The third kappa shape index (κ3) is 3.38. The Morgan fingerprint density at radius 3 is 3.04 bits per heavy atom. The minimum atomic E-state index is -0.279. The van der Waals surface area contributed by atoms with Crippen LogP contribution in [0.5, 0.6) is 0 Å². The number of anilines is 2. The van der Waals surface area contributed by atoms with Crippen molar-refractivity contribution in [1.29, 1.82) is 0 Å². The molecule has 0 bridgehead atoms. The number of aliphatic hydroxyl groups is 1. The molecule has 1 aliphatic rings. The van der Waals surface area contributed by atoms with Crippen molar-refractivity contribution in [1.82, 2.24) is 19.9 Å². The standard InChI is InChI=1S/C17H19ClN6O/c1-23(10-15-20-13-3-2-11(18)8-14(13)21-15)17-19-6-4-16(22-17)24-7-5-12(25)9-24/h2-4,6,8,12,25H,5,7,9-10H2,1H3,(H,20,21)/t12-/m0/s1. The summed E-state index contributed by atoms with van der Waals surface area (Å²) in [5, 5.41) is 10.4. The number of halogens is 1. The zero-order chi connectivity index (χ0) is 17.4. The summed E-state index contributed by atoms with van der Waals surface area (Å²) >= 11 is 6.02. The molecule has 0 spiro atoms. The van der Waals surface area contributed by atoms with Gasteiger partial charge >= 0.3 is 0 Å². The predicted octanol–water partition coefficient (Wildman–Crippen LogP) is 2.21. The first kappa shape index (κ1) is 16.1. The van der Waals surface area contributed by atoms with Gasteiger partial charge < -0.3 is 19.9 Å². The van der Waals surface area contributed by atoms with Crippen LogP contribution >= 0.6 is 11.6 Å². The smallest absolute Gasteiger partial charge is 0.227 e. The molecule has 1 aromatic carbocycles. The normalized spacial score (nSPS) is 17.4. The van der Waals surface area contributed by atoms with Gasteiger partial charge in [0.15, 0.2) is 0 Å². The first-order chi connectivity index (χ1) is 12.1. The highest BCUT2D eigenvalue weighted by Crippen LogP contribution is 2.21. The lowest BCUT2D eigenvalue weighted by Crippen LogP contribution is -2.25. The average molecular weight is 359 g/mol. The molecular formula is C17H19ClN6O. The molecule has 1 atom stereocenters. The fraction of sp³-hybridized carbons (Fsp3) is 0.353. The molecule has 1 saturated heterocycles. The number of nitrogens with zero attached hydrogens (tertiary/aromatic N) is 5. The topological polar surface area (TPSA) is 81.2 Å². The predicted molar refractivity (Wildman–Crippen MR) is 98.1 cm³/mol. The number of aliphatic hydroxyl groups excluding tert-OH is 1. The van der Waals surface area contributed by atoms with Crippen LogP contribution in [0.4, 0.5) is 11.8 Å². The zero-order valence-electron chi connectivity index (χ0n) is 13.9. The summed E-state index contributed by atoms with van der Waals surface area (Å²) in [5.41, 5.74) is 1.80. The third-order valence-corrected chi connectivity index (χ3v) is 4.57. The van der Waals surface area contributed by atoms with E-state index in [1.807, 2.05) is 36.2 Å². The number of benzene rings is 1. The fourth-order valence-corrected chi connectivity index (χ4v) is 3.23. The number of aromatic amines is 1. The lowest BCUT2D eigenvalue weighted by Gasteiger charge is -2.20. The van der Waals surface area contributed by atoms with Crippen LogP contribution in [-0.2, 0) is 6.54 Å². The van der Waals surface area contributed by atoms with E-state index in [0.29, 0.717) is 24.1 Å². The van der Waals surface area contributed by atoms with E-state index < -0.39 is 0 Å². The summed E-state index contributed by atoms with van der Waals surface area (Å²) in [5.74, 6) is 2.28. The number of nitrogens with one attached hydrogen (secondary N) is 1. The summed E-state index contributed by atoms with van der Waals surface area (Å²) in [4.78, 5) is 20.8. The molecule has 2 aromatic heterocycles. The van der Waals surface area contributed by atoms with Crippen LogP contribution in [0.1, 0.15) is 12.2 Å². The summed E-state index contributed by atoms with van der Waals surface area (Å²) in [6, 6.07) is 7.46. The van der Waals surface area contributed by atoms with Crippen LogP contribution in [0.3, 0.4) is 0 Å². The zero-order valence-corrected chi connectivity index (χ0v) is 14.6.